The number of carbonyl (C=O) groups excluding carboxylic acids is 2. The number of allylic oxidation sites excluding steroid dienone is 2. The van der Waals surface area contributed by atoms with Crippen molar-refractivity contribution >= 4 is 11.8 Å². The molecule has 0 saturated heterocycles. The van der Waals surface area contributed by atoms with Gasteiger partial charge in [-0.2, -0.15) is 0 Å². The number of esters is 1. The van der Waals surface area contributed by atoms with Gasteiger partial charge in [0.1, 0.15) is 5.78 Å². The Labute approximate surface area is 199 Å². The number of carbonyl (C=O) groups is 2. The van der Waals surface area contributed by atoms with Crippen molar-refractivity contribution < 1.29 is 19.1 Å². The number of Topliss-reactive ketones (excluding diaryl/α,β-unsaturated/α-hetero) is 1. The van der Waals surface area contributed by atoms with Crippen LogP contribution in [0.5, 0.6) is 11.5 Å². The molecule has 0 unspecified atom stereocenters. The van der Waals surface area contributed by atoms with Gasteiger partial charge < -0.3 is 9.47 Å². The molecule has 0 spiro atoms. The van der Waals surface area contributed by atoms with Crippen LogP contribution >= 0.6 is 0 Å². The SMILES string of the molecule is COc1cc(CCC(=O)CCCC/C=C/C(C)C)ccc1OC(=O)Cc1c(C)cccc1C. The lowest BCUT2D eigenvalue weighted by Gasteiger charge is -2.13. The van der Waals surface area contributed by atoms with Gasteiger partial charge in [0.15, 0.2) is 11.5 Å². The maximum Gasteiger partial charge on any atom is 0.315 e. The number of ether oxygens (including phenoxy) is 2. The Bertz CT molecular complexity index is 936. The Balaban J connectivity index is 1.85. The summed E-state index contributed by atoms with van der Waals surface area (Å²) in [5, 5.41) is 0. The van der Waals surface area contributed by atoms with Gasteiger partial charge in [-0.15, -0.1) is 0 Å². The Hall–Kier alpha value is -2.88. The standard InChI is InChI=1S/C29H38O4/c1-21(2)11-8-6-7-9-14-25(30)17-15-24-16-18-27(28(19-24)32-5)33-29(31)20-26-22(3)12-10-13-23(26)4/h8,10-13,16,18-19,21H,6-7,9,14-15,17,20H2,1-5H3/b11-8+. The smallest absolute Gasteiger partial charge is 0.315 e. The minimum atomic E-state index is -0.322. The number of ketones is 1. The van der Waals surface area contributed by atoms with Crippen molar-refractivity contribution in [1.29, 1.82) is 0 Å². The molecule has 0 N–H and O–H groups in total. The van der Waals surface area contributed by atoms with Crippen molar-refractivity contribution in [3.8, 4) is 11.5 Å². The first kappa shape index (κ1) is 26.4. The van der Waals surface area contributed by atoms with Crippen molar-refractivity contribution in [2.24, 2.45) is 5.92 Å². The van der Waals surface area contributed by atoms with E-state index in [9.17, 15) is 9.59 Å². The fourth-order valence-electron chi connectivity index (χ4n) is 3.74. The predicted molar refractivity (Wildman–Crippen MR) is 134 cm³/mol. The fourth-order valence-corrected chi connectivity index (χ4v) is 3.74. The average Bonchev–Trinajstić information content (AvgIpc) is 2.77. The number of aryl methyl sites for hydroxylation is 3. The van der Waals surface area contributed by atoms with E-state index >= 15 is 0 Å². The first-order valence-corrected chi connectivity index (χ1v) is 11.9. The lowest BCUT2D eigenvalue weighted by molar-refractivity contribution is -0.133. The summed E-state index contributed by atoms with van der Waals surface area (Å²) in [6.07, 6.45) is 9.43. The zero-order valence-electron chi connectivity index (χ0n) is 20.8. The van der Waals surface area contributed by atoms with E-state index in [1.807, 2.05) is 44.2 Å². The lowest BCUT2D eigenvalue weighted by atomic mass is 10.0. The zero-order valence-corrected chi connectivity index (χ0v) is 20.8. The van der Waals surface area contributed by atoms with Crippen molar-refractivity contribution in [3.05, 3.63) is 70.8 Å². The third-order valence-corrected chi connectivity index (χ3v) is 5.71. The summed E-state index contributed by atoms with van der Waals surface area (Å²) in [6, 6.07) is 11.5. The number of methoxy groups -OCH3 is 1. The molecular weight excluding hydrogens is 412 g/mol. The van der Waals surface area contributed by atoms with Crippen LogP contribution in [0.15, 0.2) is 48.6 Å². The summed E-state index contributed by atoms with van der Waals surface area (Å²) in [6.45, 7) is 8.32. The van der Waals surface area contributed by atoms with Crippen molar-refractivity contribution in [3.63, 3.8) is 0 Å². The zero-order chi connectivity index (χ0) is 24.2. The Morgan fingerprint density at radius 3 is 2.36 bits per heavy atom. The van der Waals surface area contributed by atoms with Crippen LogP contribution < -0.4 is 9.47 Å². The van der Waals surface area contributed by atoms with Crippen LogP contribution in [0.3, 0.4) is 0 Å². The van der Waals surface area contributed by atoms with Crippen LogP contribution in [0.4, 0.5) is 0 Å². The molecule has 0 aliphatic carbocycles. The van der Waals surface area contributed by atoms with Gasteiger partial charge in [0.05, 0.1) is 13.5 Å². The van der Waals surface area contributed by atoms with Gasteiger partial charge in [-0.05, 0) is 79.8 Å². The molecule has 0 aliphatic rings. The highest BCUT2D eigenvalue weighted by Crippen LogP contribution is 2.29. The van der Waals surface area contributed by atoms with Gasteiger partial charge in [0, 0.05) is 12.8 Å². The molecule has 33 heavy (non-hydrogen) atoms. The molecule has 0 aromatic heterocycles. The van der Waals surface area contributed by atoms with E-state index in [1.54, 1.807) is 13.2 Å². The maximum atomic E-state index is 12.5. The molecule has 0 fully saturated rings. The summed E-state index contributed by atoms with van der Waals surface area (Å²) in [4.78, 5) is 24.8. The van der Waals surface area contributed by atoms with Gasteiger partial charge in [0.2, 0.25) is 0 Å². The summed E-state index contributed by atoms with van der Waals surface area (Å²) < 4.78 is 11.0. The summed E-state index contributed by atoms with van der Waals surface area (Å²) in [5.74, 6) is 1.45. The third-order valence-electron chi connectivity index (χ3n) is 5.71. The van der Waals surface area contributed by atoms with Gasteiger partial charge in [0.25, 0.3) is 0 Å². The van der Waals surface area contributed by atoms with Crippen LogP contribution in [-0.2, 0) is 22.4 Å². The van der Waals surface area contributed by atoms with Crippen molar-refractivity contribution in [1.82, 2.24) is 0 Å². The second kappa shape index (κ2) is 13.6. The van der Waals surface area contributed by atoms with Crippen LogP contribution in [-0.4, -0.2) is 18.9 Å². The summed E-state index contributed by atoms with van der Waals surface area (Å²) in [5.41, 5.74) is 4.14. The van der Waals surface area contributed by atoms with Gasteiger partial charge in [-0.25, -0.2) is 0 Å². The monoisotopic (exact) mass is 450 g/mol. The van der Waals surface area contributed by atoms with E-state index in [0.29, 0.717) is 36.7 Å². The van der Waals surface area contributed by atoms with Gasteiger partial charge in [-0.1, -0.05) is 50.3 Å². The van der Waals surface area contributed by atoms with E-state index in [4.69, 9.17) is 9.47 Å². The molecule has 2 rings (SSSR count). The molecule has 4 heteroatoms. The minimum Gasteiger partial charge on any atom is -0.493 e. The summed E-state index contributed by atoms with van der Waals surface area (Å²) >= 11 is 0. The van der Waals surface area contributed by atoms with Crippen molar-refractivity contribution in [2.45, 2.75) is 72.6 Å². The number of hydrogen-bond donors (Lipinski definition) is 0. The normalized spacial score (nSPS) is 11.2. The molecule has 0 amide bonds. The quantitative estimate of drug-likeness (QED) is 0.147. The second-order valence-corrected chi connectivity index (χ2v) is 8.96. The van der Waals surface area contributed by atoms with E-state index in [2.05, 4.69) is 26.0 Å². The highest BCUT2D eigenvalue weighted by molar-refractivity contribution is 5.79. The van der Waals surface area contributed by atoms with Gasteiger partial charge >= 0.3 is 5.97 Å². The second-order valence-electron chi connectivity index (χ2n) is 8.96. The molecule has 2 aromatic carbocycles. The fraction of sp³-hybridized carbons (Fsp3) is 0.448. The molecule has 2 aromatic rings. The molecule has 178 valence electrons. The largest absolute Gasteiger partial charge is 0.493 e. The van der Waals surface area contributed by atoms with Crippen LogP contribution in [0.2, 0.25) is 0 Å². The molecule has 0 atom stereocenters. The van der Waals surface area contributed by atoms with Crippen LogP contribution in [0, 0.1) is 19.8 Å². The number of unbranched alkanes of at least 4 members (excludes halogenated alkanes) is 2. The molecule has 0 bridgehead atoms. The highest BCUT2D eigenvalue weighted by Gasteiger charge is 2.14. The Morgan fingerprint density at radius 2 is 1.70 bits per heavy atom. The third kappa shape index (κ3) is 9.25. The first-order chi connectivity index (χ1) is 15.8. The molecule has 4 nitrogen and oxygen atoms in total. The number of hydrogen-bond acceptors (Lipinski definition) is 4. The summed E-state index contributed by atoms with van der Waals surface area (Å²) in [7, 11) is 1.56. The highest BCUT2D eigenvalue weighted by atomic mass is 16.6. The number of benzene rings is 2. The van der Waals surface area contributed by atoms with Crippen LogP contribution in [0.25, 0.3) is 0 Å². The van der Waals surface area contributed by atoms with Gasteiger partial charge in [-0.3, -0.25) is 9.59 Å². The number of rotatable bonds is 13. The lowest BCUT2D eigenvalue weighted by Crippen LogP contribution is -2.13. The first-order valence-electron chi connectivity index (χ1n) is 11.9. The van der Waals surface area contributed by atoms with E-state index in [0.717, 1.165) is 41.5 Å². The Morgan fingerprint density at radius 1 is 0.970 bits per heavy atom. The molecule has 0 radical (unpaired) electrons. The van der Waals surface area contributed by atoms with Crippen LogP contribution in [0.1, 0.15) is 68.2 Å². The predicted octanol–water partition coefficient (Wildman–Crippen LogP) is 6.73. The average molecular weight is 451 g/mol. The molecule has 0 aliphatic heterocycles. The van der Waals surface area contributed by atoms with E-state index in [1.165, 1.54) is 0 Å². The topological polar surface area (TPSA) is 52.6 Å². The molecular formula is C29H38O4. The molecule has 0 saturated carbocycles. The minimum absolute atomic E-state index is 0.213. The molecule has 0 heterocycles. The maximum absolute atomic E-state index is 12.5. The van der Waals surface area contributed by atoms with E-state index < -0.39 is 0 Å². The van der Waals surface area contributed by atoms with Crippen molar-refractivity contribution in [2.75, 3.05) is 7.11 Å². The Kier molecular flexibility index (Phi) is 10.9. The van der Waals surface area contributed by atoms with E-state index in [-0.39, 0.29) is 18.2 Å².